The van der Waals surface area contributed by atoms with Crippen molar-refractivity contribution in [2.24, 2.45) is 0 Å². The van der Waals surface area contributed by atoms with Gasteiger partial charge in [0.05, 0.1) is 23.0 Å². The van der Waals surface area contributed by atoms with Crippen molar-refractivity contribution < 1.29 is 4.92 Å². The van der Waals surface area contributed by atoms with Gasteiger partial charge in [-0.15, -0.1) is 11.3 Å². The van der Waals surface area contributed by atoms with E-state index in [1.54, 1.807) is 11.7 Å². The second-order valence-corrected chi connectivity index (χ2v) is 3.95. The van der Waals surface area contributed by atoms with Gasteiger partial charge in [0.25, 0.3) is 5.69 Å². The lowest BCUT2D eigenvalue weighted by Gasteiger charge is -2.02. The highest BCUT2D eigenvalue weighted by atomic mass is 32.1. The van der Waals surface area contributed by atoms with Gasteiger partial charge in [0.15, 0.2) is 0 Å². The van der Waals surface area contributed by atoms with Crippen molar-refractivity contribution in [1.82, 2.24) is 9.97 Å². The molecule has 0 bridgehead atoms. The number of hydrogen-bond acceptors (Lipinski definition) is 6. The highest BCUT2D eigenvalue weighted by molar-refractivity contribution is 7.09. The zero-order valence-electron chi connectivity index (χ0n) is 8.16. The zero-order valence-corrected chi connectivity index (χ0v) is 8.98. The van der Waals surface area contributed by atoms with Crippen molar-refractivity contribution in [2.75, 3.05) is 5.32 Å². The Balaban J connectivity index is 2.04. The summed E-state index contributed by atoms with van der Waals surface area (Å²) in [5, 5.41) is 13.5. The third kappa shape index (κ3) is 2.51. The normalized spacial score (nSPS) is 10.0. The first kappa shape index (κ1) is 10.5. The van der Waals surface area contributed by atoms with Gasteiger partial charge in [-0.25, -0.2) is 4.98 Å². The molecule has 0 aromatic carbocycles. The summed E-state index contributed by atoms with van der Waals surface area (Å²) in [6.07, 6.45) is 3.15. The van der Waals surface area contributed by atoms with E-state index < -0.39 is 4.92 Å². The van der Waals surface area contributed by atoms with Gasteiger partial charge in [0, 0.05) is 23.3 Å². The van der Waals surface area contributed by atoms with Crippen LogP contribution in [-0.4, -0.2) is 14.9 Å². The molecule has 0 atom stereocenters. The second-order valence-electron chi connectivity index (χ2n) is 2.98. The van der Waals surface area contributed by atoms with Crippen LogP contribution in [0, 0.1) is 10.1 Å². The standard InChI is InChI=1S/C9H8N4O2S/c14-13(15)7-1-2-11-9(3-7)12-5-8-4-10-6-16-8/h1-4,6H,5H2,(H,11,12). The fourth-order valence-corrected chi connectivity index (χ4v) is 1.67. The molecule has 2 aromatic heterocycles. The topological polar surface area (TPSA) is 81.0 Å². The maximum atomic E-state index is 10.5. The van der Waals surface area contributed by atoms with Crippen molar-refractivity contribution in [2.45, 2.75) is 6.54 Å². The van der Waals surface area contributed by atoms with Crippen LogP contribution in [0.5, 0.6) is 0 Å². The molecule has 1 N–H and O–H groups in total. The summed E-state index contributed by atoms with van der Waals surface area (Å²) in [6, 6.07) is 2.76. The van der Waals surface area contributed by atoms with Gasteiger partial charge >= 0.3 is 0 Å². The Kier molecular flexibility index (Phi) is 3.06. The molecule has 0 radical (unpaired) electrons. The third-order valence-electron chi connectivity index (χ3n) is 1.88. The largest absolute Gasteiger partial charge is 0.365 e. The molecule has 0 unspecified atom stereocenters. The molecule has 0 saturated heterocycles. The number of nitrogens with zero attached hydrogens (tertiary/aromatic N) is 3. The van der Waals surface area contributed by atoms with E-state index in [-0.39, 0.29) is 5.69 Å². The summed E-state index contributed by atoms with van der Waals surface area (Å²) in [7, 11) is 0. The molecule has 0 amide bonds. The van der Waals surface area contributed by atoms with E-state index in [0.29, 0.717) is 12.4 Å². The van der Waals surface area contributed by atoms with Crippen LogP contribution in [0.3, 0.4) is 0 Å². The minimum Gasteiger partial charge on any atom is -0.365 e. The Bertz CT molecular complexity index is 486. The molecule has 2 rings (SSSR count). The number of nitro groups is 1. The molecule has 0 aliphatic heterocycles. The van der Waals surface area contributed by atoms with Gasteiger partial charge in [-0.05, 0) is 0 Å². The Morgan fingerprint density at radius 3 is 3.12 bits per heavy atom. The van der Waals surface area contributed by atoms with Gasteiger partial charge < -0.3 is 5.32 Å². The van der Waals surface area contributed by atoms with Crippen molar-refractivity contribution >= 4 is 22.8 Å². The summed E-state index contributed by atoms with van der Waals surface area (Å²) >= 11 is 1.52. The molecular weight excluding hydrogens is 228 g/mol. The lowest BCUT2D eigenvalue weighted by molar-refractivity contribution is -0.384. The highest BCUT2D eigenvalue weighted by Crippen LogP contribution is 2.15. The molecule has 82 valence electrons. The molecule has 7 heteroatoms. The van der Waals surface area contributed by atoms with E-state index >= 15 is 0 Å². The second kappa shape index (κ2) is 4.67. The minimum atomic E-state index is -0.445. The molecule has 2 aromatic rings. The molecular formula is C9H8N4O2S. The predicted octanol–water partition coefficient (Wildman–Crippen LogP) is 2.06. The number of thiazole rings is 1. The smallest absolute Gasteiger partial charge is 0.274 e. The fraction of sp³-hybridized carbons (Fsp3) is 0.111. The number of nitrogens with one attached hydrogen (secondary N) is 1. The predicted molar refractivity (Wildman–Crippen MR) is 60.3 cm³/mol. The molecule has 6 nitrogen and oxygen atoms in total. The van der Waals surface area contributed by atoms with Gasteiger partial charge in [-0.2, -0.15) is 0 Å². The van der Waals surface area contributed by atoms with Gasteiger partial charge in [-0.1, -0.05) is 0 Å². The summed E-state index contributed by atoms with van der Waals surface area (Å²) < 4.78 is 0. The van der Waals surface area contributed by atoms with Crippen LogP contribution in [0.4, 0.5) is 11.5 Å². The molecule has 0 aliphatic rings. The summed E-state index contributed by atoms with van der Waals surface area (Å²) in [5.74, 6) is 0.489. The van der Waals surface area contributed by atoms with E-state index in [4.69, 9.17) is 0 Å². The van der Waals surface area contributed by atoms with Crippen LogP contribution in [-0.2, 0) is 6.54 Å². The van der Waals surface area contributed by atoms with Gasteiger partial charge in [-0.3, -0.25) is 15.1 Å². The third-order valence-corrected chi connectivity index (χ3v) is 2.66. The zero-order chi connectivity index (χ0) is 11.4. The van der Waals surface area contributed by atoms with Crippen LogP contribution in [0.15, 0.2) is 30.0 Å². The number of aromatic nitrogens is 2. The van der Waals surface area contributed by atoms with Crippen molar-refractivity contribution in [1.29, 1.82) is 0 Å². The average molecular weight is 236 g/mol. The monoisotopic (exact) mass is 236 g/mol. The lowest BCUT2D eigenvalue weighted by Crippen LogP contribution is -2.00. The van der Waals surface area contributed by atoms with Crippen LogP contribution in [0.2, 0.25) is 0 Å². The number of rotatable bonds is 4. The molecule has 0 spiro atoms. The summed E-state index contributed by atoms with van der Waals surface area (Å²) in [6.45, 7) is 0.568. The Labute approximate surface area is 95.1 Å². The quantitative estimate of drug-likeness (QED) is 0.649. The van der Waals surface area contributed by atoms with Crippen LogP contribution in [0.1, 0.15) is 4.88 Å². The first-order chi connectivity index (χ1) is 7.75. The molecule has 0 saturated carbocycles. The van der Waals surface area contributed by atoms with E-state index in [9.17, 15) is 10.1 Å². The lowest BCUT2D eigenvalue weighted by atomic mass is 10.4. The Morgan fingerprint density at radius 2 is 2.44 bits per heavy atom. The highest BCUT2D eigenvalue weighted by Gasteiger charge is 2.06. The van der Waals surface area contributed by atoms with Crippen molar-refractivity contribution in [3.63, 3.8) is 0 Å². The molecule has 0 aliphatic carbocycles. The Morgan fingerprint density at radius 1 is 1.56 bits per heavy atom. The fourth-order valence-electron chi connectivity index (χ4n) is 1.14. The molecule has 0 fully saturated rings. The van der Waals surface area contributed by atoms with E-state index in [2.05, 4.69) is 15.3 Å². The first-order valence-corrected chi connectivity index (χ1v) is 5.35. The number of pyridine rings is 1. The van der Waals surface area contributed by atoms with Gasteiger partial charge in [0.2, 0.25) is 0 Å². The van der Waals surface area contributed by atoms with Crippen LogP contribution in [0.25, 0.3) is 0 Å². The van der Waals surface area contributed by atoms with Crippen LogP contribution >= 0.6 is 11.3 Å². The van der Waals surface area contributed by atoms with Crippen molar-refractivity contribution in [3.8, 4) is 0 Å². The Hall–Kier alpha value is -2.02. The maximum absolute atomic E-state index is 10.5. The van der Waals surface area contributed by atoms with Crippen molar-refractivity contribution in [3.05, 3.63) is 45.0 Å². The van der Waals surface area contributed by atoms with E-state index in [1.165, 1.54) is 29.7 Å². The van der Waals surface area contributed by atoms with E-state index in [1.807, 2.05) is 0 Å². The molecule has 2 heterocycles. The van der Waals surface area contributed by atoms with Gasteiger partial charge in [0.1, 0.15) is 5.82 Å². The minimum absolute atomic E-state index is 0.0294. The maximum Gasteiger partial charge on any atom is 0.274 e. The van der Waals surface area contributed by atoms with Crippen LogP contribution < -0.4 is 5.32 Å². The van der Waals surface area contributed by atoms with E-state index in [0.717, 1.165) is 4.88 Å². The average Bonchev–Trinajstić information content (AvgIpc) is 2.79. The SMILES string of the molecule is O=[N+]([O-])c1ccnc(NCc2cncs2)c1. The number of hydrogen-bond donors (Lipinski definition) is 1. The summed E-state index contributed by atoms with van der Waals surface area (Å²) in [4.78, 5) is 19.1. The first-order valence-electron chi connectivity index (χ1n) is 4.47. The number of anilines is 1. The summed E-state index contributed by atoms with van der Waals surface area (Å²) in [5.41, 5.74) is 1.76. The molecule has 16 heavy (non-hydrogen) atoms.